The molecular formula is C16H24N2O3S. The second kappa shape index (κ2) is 7.24. The molecule has 5 nitrogen and oxygen atoms in total. The molecule has 0 spiro atoms. The van der Waals surface area contributed by atoms with Gasteiger partial charge < -0.3 is 4.90 Å². The summed E-state index contributed by atoms with van der Waals surface area (Å²) >= 11 is 0. The van der Waals surface area contributed by atoms with Crippen LogP contribution in [-0.2, 0) is 14.8 Å². The Balaban J connectivity index is 2.33. The van der Waals surface area contributed by atoms with Gasteiger partial charge in [0.2, 0.25) is 15.9 Å². The molecule has 1 aliphatic heterocycles. The van der Waals surface area contributed by atoms with E-state index in [-0.39, 0.29) is 5.91 Å². The predicted octanol–water partition coefficient (Wildman–Crippen LogP) is 2.02. The molecule has 1 aromatic rings. The van der Waals surface area contributed by atoms with E-state index in [1.807, 2.05) is 35.2 Å². The molecule has 122 valence electrons. The zero-order valence-electron chi connectivity index (χ0n) is 13.2. The average Bonchev–Trinajstić information content (AvgIpc) is 2.76. The largest absolute Gasteiger partial charge is 0.341 e. The second-order valence-electron chi connectivity index (χ2n) is 5.83. The molecule has 6 heteroatoms. The van der Waals surface area contributed by atoms with E-state index in [4.69, 9.17) is 0 Å². The Morgan fingerprint density at radius 3 is 2.14 bits per heavy atom. The Bertz CT molecular complexity index is 593. The van der Waals surface area contributed by atoms with Crippen molar-refractivity contribution >= 4 is 15.9 Å². The molecule has 0 N–H and O–H groups in total. The molecule has 1 atom stereocenters. The first kappa shape index (κ1) is 17.0. The SMILES string of the molecule is CN([C@H](C(=O)N1CCCCCC1)c1ccccc1)S(C)(=O)=O. The van der Waals surface area contributed by atoms with Gasteiger partial charge in [0, 0.05) is 20.1 Å². The van der Waals surface area contributed by atoms with Crippen LogP contribution in [0.3, 0.4) is 0 Å². The molecule has 0 aliphatic carbocycles. The Hall–Kier alpha value is -1.40. The first-order valence-electron chi connectivity index (χ1n) is 7.68. The number of carbonyl (C=O) groups is 1. The predicted molar refractivity (Wildman–Crippen MR) is 86.8 cm³/mol. The first-order chi connectivity index (χ1) is 10.4. The number of likely N-dealkylation sites (N-methyl/N-ethyl adjacent to an activating group) is 1. The molecule has 22 heavy (non-hydrogen) atoms. The first-order valence-corrected chi connectivity index (χ1v) is 9.53. The van der Waals surface area contributed by atoms with Crippen molar-refractivity contribution in [2.24, 2.45) is 0 Å². The molecule has 1 amide bonds. The van der Waals surface area contributed by atoms with Gasteiger partial charge in [0.15, 0.2) is 0 Å². The molecule has 0 radical (unpaired) electrons. The summed E-state index contributed by atoms with van der Waals surface area (Å²) in [5.41, 5.74) is 0.713. The molecule has 1 aliphatic rings. The van der Waals surface area contributed by atoms with Crippen LogP contribution in [0.5, 0.6) is 0 Å². The third-order valence-corrected chi connectivity index (χ3v) is 5.41. The van der Waals surface area contributed by atoms with E-state index in [9.17, 15) is 13.2 Å². The summed E-state index contributed by atoms with van der Waals surface area (Å²) in [6, 6.07) is 8.35. The number of hydrogen-bond acceptors (Lipinski definition) is 3. The molecule has 0 bridgehead atoms. The normalized spacial score (nSPS) is 18.0. The Kier molecular flexibility index (Phi) is 5.58. The summed E-state index contributed by atoms with van der Waals surface area (Å²) in [4.78, 5) is 14.8. The molecule has 1 saturated heterocycles. The highest BCUT2D eigenvalue weighted by Crippen LogP contribution is 2.25. The van der Waals surface area contributed by atoms with E-state index >= 15 is 0 Å². The van der Waals surface area contributed by atoms with Crippen LogP contribution in [0.15, 0.2) is 30.3 Å². The number of likely N-dealkylation sites (tertiary alicyclic amines) is 1. The van der Waals surface area contributed by atoms with Crippen LogP contribution >= 0.6 is 0 Å². The molecule has 1 heterocycles. The lowest BCUT2D eigenvalue weighted by molar-refractivity contribution is -0.135. The minimum absolute atomic E-state index is 0.124. The molecule has 2 rings (SSSR count). The van der Waals surface area contributed by atoms with E-state index in [1.165, 1.54) is 11.4 Å². The van der Waals surface area contributed by atoms with Crippen molar-refractivity contribution in [3.8, 4) is 0 Å². The fourth-order valence-electron chi connectivity index (χ4n) is 2.80. The van der Waals surface area contributed by atoms with Crippen molar-refractivity contribution in [3.05, 3.63) is 35.9 Å². The maximum absolute atomic E-state index is 13.0. The number of nitrogens with zero attached hydrogens (tertiary/aromatic N) is 2. The summed E-state index contributed by atoms with van der Waals surface area (Å²) in [5.74, 6) is -0.124. The number of carbonyl (C=O) groups excluding carboxylic acids is 1. The molecule has 0 aromatic heterocycles. The highest BCUT2D eigenvalue weighted by molar-refractivity contribution is 7.88. The van der Waals surface area contributed by atoms with Crippen molar-refractivity contribution in [1.29, 1.82) is 0 Å². The molecular weight excluding hydrogens is 300 g/mol. The van der Waals surface area contributed by atoms with Gasteiger partial charge in [-0.1, -0.05) is 43.2 Å². The van der Waals surface area contributed by atoms with E-state index < -0.39 is 16.1 Å². The molecule has 0 saturated carbocycles. The number of sulfonamides is 1. The van der Waals surface area contributed by atoms with Gasteiger partial charge >= 0.3 is 0 Å². The third kappa shape index (κ3) is 4.08. The van der Waals surface area contributed by atoms with Gasteiger partial charge in [-0.3, -0.25) is 4.79 Å². The lowest BCUT2D eigenvalue weighted by Gasteiger charge is -2.31. The summed E-state index contributed by atoms with van der Waals surface area (Å²) in [5, 5.41) is 0. The maximum atomic E-state index is 13.0. The smallest absolute Gasteiger partial charge is 0.245 e. The number of hydrogen-bond donors (Lipinski definition) is 0. The third-order valence-electron chi connectivity index (χ3n) is 4.15. The van der Waals surface area contributed by atoms with Gasteiger partial charge in [0.05, 0.1) is 6.26 Å². The summed E-state index contributed by atoms with van der Waals surface area (Å²) in [6.07, 6.45) is 5.35. The fourth-order valence-corrected chi connectivity index (χ4v) is 3.39. The van der Waals surface area contributed by atoms with E-state index in [0.29, 0.717) is 18.7 Å². The zero-order valence-corrected chi connectivity index (χ0v) is 14.1. The van der Waals surface area contributed by atoms with Gasteiger partial charge in [-0.15, -0.1) is 0 Å². The Labute approximate surface area is 133 Å². The average molecular weight is 324 g/mol. The monoisotopic (exact) mass is 324 g/mol. The van der Waals surface area contributed by atoms with Crippen molar-refractivity contribution in [2.45, 2.75) is 31.7 Å². The quantitative estimate of drug-likeness (QED) is 0.851. The Morgan fingerprint density at radius 2 is 1.64 bits per heavy atom. The molecule has 1 fully saturated rings. The lowest BCUT2D eigenvalue weighted by Crippen LogP contribution is -2.43. The highest BCUT2D eigenvalue weighted by atomic mass is 32.2. The summed E-state index contributed by atoms with van der Waals surface area (Å²) < 4.78 is 25.1. The molecule has 0 unspecified atom stereocenters. The highest BCUT2D eigenvalue weighted by Gasteiger charge is 2.33. The lowest BCUT2D eigenvalue weighted by atomic mass is 10.1. The summed E-state index contributed by atoms with van der Waals surface area (Å²) in [6.45, 7) is 1.42. The zero-order chi connectivity index (χ0) is 16.2. The molecule has 1 aromatic carbocycles. The van der Waals surface area contributed by atoms with Crippen LogP contribution in [0.2, 0.25) is 0 Å². The van der Waals surface area contributed by atoms with Crippen molar-refractivity contribution in [3.63, 3.8) is 0 Å². The van der Waals surface area contributed by atoms with Crippen LogP contribution < -0.4 is 0 Å². The van der Waals surface area contributed by atoms with Gasteiger partial charge in [-0.25, -0.2) is 8.42 Å². The number of benzene rings is 1. The Morgan fingerprint density at radius 1 is 1.09 bits per heavy atom. The van der Waals surface area contributed by atoms with E-state index in [2.05, 4.69) is 0 Å². The fraction of sp³-hybridized carbons (Fsp3) is 0.562. The van der Waals surface area contributed by atoms with Crippen molar-refractivity contribution in [1.82, 2.24) is 9.21 Å². The van der Waals surface area contributed by atoms with Gasteiger partial charge in [0.25, 0.3) is 0 Å². The van der Waals surface area contributed by atoms with Crippen LogP contribution in [0.4, 0.5) is 0 Å². The van der Waals surface area contributed by atoms with Crippen molar-refractivity contribution < 1.29 is 13.2 Å². The standard InChI is InChI=1S/C16H24N2O3S/c1-17(22(2,20)21)15(14-10-6-5-7-11-14)16(19)18-12-8-3-4-9-13-18/h5-7,10-11,15H,3-4,8-9,12-13H2,1-2H3/t15-/m0/s1. The van der Waals surface area contributed by atoms with Gasteiger partial charge in [-0.2, -0.15) is 4.31 Å². The van der Waals surface area contributed by atoms with Crippen LogP contribution in [0.1, 0.15) is 37.3 Å². The summed E-state index contributed by atoms with van der Waals surface area (Å²) in [7, 11) is -1.98. The maximum Gasteiger partial charge on any atom is 0.245 e. The number of amides is 1. The topological polar surface area (TPSA) is 57.7 Å². The van der Waals surface area contributed by atoms with Crippen molar-refractivity contribution in [2.75, 3.05) is 26.4 Å². The minimum Gasteiger partial charge on any atom is -0.341 e. The van der Waals surface area contributed by atoms with E-state index in [0.717, 1.165) is 31.9 Å². The minimum atomic E-state index is -3.46. The van der Waals surface area contributed by atoms with Crippen LogP contribution in [-0.4, -0.2) is 49.9 Å². The van der Waals surface area contributed by atoms with E-state index in [1.54, 1.807) is 0 Å². The van der Waals surface area contributed by atoms with Crippen LogP contribution in [0, 0.1) is 0 Å². The number of rotatable bonds is 4. The van der Waals surface area contributed by atoms with Gasteiger partial charge in [-0.05, 0) is 18.4 Å². The van der Waals surface area contributed by atoms with Gasteiger partial charge in [0.1, 0.15) is 6.04 Å². The second-order valence-corrected chi connectivity index (χ2v) is 7.87. The van der Waals surface area contributed by atoms with Crippen LogP contribution in [0.25, 0.3) is 0 Å².